The molecule has 0 aromatic rings. The first-order valence-electron chi connectivity index (χ1n) is 6.83. The van der Waals surface area contributed by atoms with Gasteiger partial charge in [-0.05, 0) is 25.7 Å². The molecule has 4 nitrogen and oxygen atoms in total. The van der Waals surface area contributed by atoms with Crippen LogP contribution in [-0.2, 0) is 9.53 Å². The summed E-state index contributed by atoms with van der Waals surface area (Å²) >= 11 is 0. The second-order valence-electron chi connectivity index (χ2n) is 5.36. The zero-order valence-electron chi connectivity index (χ0n) is 10.8. The van der Waals surface area contributed by atoms with Gasteiger partial charge in [-0.2, -0.15) is 0 Å². The largest absolute Gasteiger partial charge is 0.370 e. The van der Waals surface area contributed by atoms with E-state index in [2.05, 4.69) is 10.6 Å². The highest BCUT2D eigenvalue weighted by Crippen LogP contribution is 2.42. The molecule has 1 heterocycles. The third kappa shape index (κ3) is 3.68. The summed E-state index contributed by atoms with van der Waals surface area (Å²) in [6.07, 6.45) is 8.00. The highest BCUT2D eigenvalue weighted by molar-refractivity contribution is 5.72. The molecule has 0 aromatic carbocycles. The number of amides is 1. The summed E-state index contributed by atoms with van der Waals surface area (Å²) in [5, 5.41) is 6.13. The van der Waals surface area contributed by atoms with Crippen molar-refractivity contribution >= 4 is 5.91 Å². The van der Waals surface area contributed by atoms with Crippen molar-refractivity contribution in [1.29, 1.82) is 0 Å². The minimum atomic E-state index is 0.0359. The maximum absolute atomic E-state index is 10.7. The number of hydrogen-bond acceptors (Lipinski definition) is 3. The van der Waals surface area contributed by atoms with Crippen LogP contribution < -0.4 is 10.6 Å². The summed E-state index contributed by atoms with van der Waals surface area (Å²) in [7, 11) is 0. The van der Waals surface area contributed by atoms with Crippen LogP contribution in [0.25, 0.3) is 0 Å². The Labute approximate surface area is 103 Å². The molecule has 1 aliphatic carbocycles. The van der Waals surface area contributed by atoms with Crippen LogP contribution in [0, 0.1) is 0 Å². The quantitative estimate of drug-likeness (QED) is 0.710. The van der Waals surface area contributed by atoms with Gasteiger partial charge >= 0.3 is 0 Å². The van der Waals surface area contributed by atoms with E-state index in [1.165, 1.54) is 38.5 Å². The van der Waals surface area contributed by atoms with Crippen LogP contribution in [0.5, 0.6) is 0 Å². The molecule has 0 radical (unpaired) electrons. The fraction of sp³-hybridized carbons (Fsp3) is 0.923. The first-order valence-corrected chi connectivity index (χ1v) is 6.83. The maximum atomic E-state index is 10.7. The van der Waals surface area contributed by atoms with E-state index in [-0.39, 0.29) is 11.5 Å². The van der Waals surface area contributed by atoms with Gasteiger partial charge in [0.25, 0.3) is 0 Å². The minimum absolute atomic E-state index is 0.0359. The van der Waals surface area contributed by atoms with E-state index in [0.717, 1.165) is 13.1 Å². The molecule has 1 unspecified atom stereocenters. The first-order chi connectivity index (χ1) is 8.20. The molecule has 1 aliphatic heterocycles. The van der Waals surface area contributed by atoms with Crippen LogP contribution in [0.4, 0.5) is 0 Å². The average molecular weight is 240 g/mol. The molecule has 0 aromatic heterocycles. The Morgan fingerprint density at radius 3 is 2.76 bits per heavy atom. The highest BCUT2D eigenvalue weighted by atomic mass is 16.5. The molecule has 1 amide bonds. The SMILES string of the molecule is CC(=O)NCCNCC1CCC2(CCCC2)O1. The lowest BCUT2D eigenvalue weighted by Crippen LogP contribution is -2.35. The van der Waals surface area contributed by atoms with Crippen molar-refractivity contribution in [2.75, 3.05) is 19.6 Å². The van der Waals surface area contributed by atoms with Crippen molar-refractivity contribution in [3.8, 4) is 0 Å². The summed E-state index contributed by atoms with van der Waals surface area (Å²) in [6.45, 7) is 3.99. The summed E-state index contributed by atoms with van der Waals surface area (Å²) in [5.74, 6) is 0.0359. The molecular formula is C13H24N2O2. The van der Waals surface area contributed by atoms with E-state index in [9.17, 15) is 4.79 Å². The van der Waals surface area contributed by atoms with Crippen LogP contribution >= 0.6 is 0 Å². The van der Waals surface area contributed by atoms with Crippen LogP contribution in [-0.4, -0.2) is 37.2 Å². The number of carbonyl (C=O) groups excluding carboxylic acids is 1. The van der Waals surface area contributed by atoms with Crippen LogP contribution in [0.15, 0.2) is 0 Å². The maximum Gasteiger partial charge on any atom is 0.216 e. The van der Waals surface area contributed by atoms with E-state index < -0.39 is 0 Å². The van der Waals surface area contributed by atoms with Gasteiger partial charge in [-0.25, -0.2) is 0 Å². The molecular weight excluding hydrogens is 216 g/mol. The van der Waals surface area contributed by atoms with E-state index in [4.69, 9.17) is 4.74 Å². The van der Waals surface area contributed by atoms with Crippen LogP contribution in [0.3, 0.4) is 0 Å². The topological polar surface area (TPSA) is 50.4 Å². The molecule has 2 aliphatic rings. The summed E-state index contributed by atoms with van der Waals surface area (Å²) in [4.78, 5) is 10.7. The Morgan fingerprint density at radius 1 is 1.29 bits per heavy atom. The van der Waals surface area contributed by atoms with Gasteiger partial charge in [-0.1, -0.05) is 12.8 Å². The van der Waals surface area contributed by atoms with Gasteiger partial charge in [-0.15, -0.1) is 0 Å². The number of hydrogen-bond donors (Lipinski definition) is 2. The number of rotatable bonds is 5. The highest BCUT2D eigenvalue weighted by Gasteiger charge is 2.41. The van der Waals surface area contributed by atoms with E-state index >= 15 is 0 Å². The van der Waals surface area contributed by atoms with Gasteiger partial charge in [0.15, 0.2) is 0 Å². The second kappa shape index (κ2) is 5.83. The standard InChI is InChI=1S/C13H24N2O2/c1-11(16)15-9-8-14-10-12-4-7-13(17-12)5-2-3-6-13/h12,14H,2-10H2,1H3,(H,15,16). The van der Waals surface area contributed by atoms with Crippen molar-refractivity contribution in [1.82, 2.24) is 10.6 Å². The zero-order valence-corrected chi connectivity index (χ0v) is 10.8. The van der Waals surface area contributed by atoms with Gasteiger partial charge in [0.2, 0.25) is 5.91 Å². The molecule has 17 heavy (non-hydrogen) atoms. The average Bonchev–Trinajstić information content (AvgIpc) is 2.89. The van der Waals surface area contributed by atoms with Gasteiger partial charge in [0.1, 0.15) is 0 Å². The normalized spacial score (nSPS) is 26.5. The third-order valence-corrected chi connectivity index (χ3v) is 3.90. The zero-order chi connectivity index (χ0) is 12.1. The third-order valence-electron chi connectivity index (χ3n) is 3.90. The predicted octanol–water partition coefficient (Wildman–Crippen LogP) is 1.20. The fourth-order valence-corrected chi connectivity index (χ4v) is 3.02. The molecule has 2 N–H and O–H groups in total. The summed E-state index contributed by atoms with van der Waals surface area (Å²) in [6, 6.07) is 0. The first kappa shape index (κ1) is 12.8. The Morgan fingerprint density at radius 2 is 2.06 bits per heavy atom. The lowest BCUT2D eigenvalue weighted by atomic mass is 9.98. The van der Waals surface area contributed by atoms with Gasteiger partial charge in [-0.3, -0.25) is 4.79 Å². The molecule has 1 spiro atoms. The molecule has 98 valence electrons. The minimum Gasteiger partial charge on any atom is -0.370 e. The fourth-order valence-electron chi connectivity index (χ4n) is 3.02. The summed E-state index contributed by atoms with van der Waals surface area (Å²) in [5.41, 5.74) is 0.240. The van der Waals surface area contributed by atoms with Crippen molar-refractivity contribution in [2.45, 2.75) is 57.2 Å². The van der Waals surface area contributed by atoms with E-state index in [0.29, 0.717) is 12.6 Å². The molecule has 0 bridgehead atoms. The van der Waals surface area contributed by atoms with Crippen molar-refractivity contribution in [2.24, 2.45) is 0 Å². The lowest BCUT2D eigenvalue weighted by Gasteiger charge is -2.23. The van der Waals surface area contributed by atoms with Gasteiger partial charge < -0.3 is 15.4 Å². The lowest BCUT2D eigenvalue weighted by molar-refractivity contribution is -0.118. The number of nitrogens with one attached hydrogen (secondary N) is 2. The summed E-state index contributed by atoms with van der Waals surface area (Å²) < 4.78 is 6.19. The molecule has 4 heteroatoms. The Balaban J connectivity index is 1.57. The molecule has 1 saturated carbocycles. The predicted molar refractivity (Wildman–Crippen MR) is 66.9 cm³/mol. The Kier molecular flexibility index (Phi) is 4.40. The number of carbonyl (C=O) groups is 1. The van der Waals surface area contributed by atoms with E-state index in [1.807, 2.05) is 0 Å². The Hall–Kier alpha value is -0.610. The van der Waals surface area contributed by atoms with E-state index in [1.54, 1.807) is 6.92 Å². The molecule has 2 rings (SSSR count). The van der Waals surface area contributed by atoms with Gasteiger partial charge in [0, 0.05) is 26.6 Å². The Bertz CT molecular complexity index is 262. The number of ether oxygens (including phenoxy) is 1. The van der Waals surface area contributed by atoms with Crippen molar-refractivity contribution in [3.63, 3.8) is 0 Å². The van der Waals surface area contributed by atoms with Crippen LogP contribution in [0.1, 0.15) is 45.4 Å². The van der Waals surface area contributed by atoms with Crippen LogP contribution in [0.2, 0.25) is 0 Å². The molecule has 1 saturated heterocycles. The monoisotopic (exact) mass is 240 g/mol. The van der Waals surface area contributed by atoms with Gasteiger partial charge in [0.05, 0.1) is 11.7 Å². The van der Waals surface area contributed by atoms with Crippen molar-refractivity contribution in [3.05, 3.63) is 0 Å². The second-order valence-corrected chi connectivity index (χ2v) is 5.36. The smallest absolute Gasteiger partial charge is 0.216 e. The molecule has 1 atom stereocenters. The van der Waals surface area contributed by atoms with Crippen molar-refractivity contribution < 1.29 is 9.53 Å². The molecule has 2 fully saturated rings.